The van der Waals surface area contributed by atoms with Crippen LogP contribution in [0, 0.1) is 5.41 Å². The smallest absolute Gasteiger partial charge is 0.337 e. The molecule has 1 aliphatic carbocycles. The lowest BCUT2D eigenvalue weighted by molar-refractivity contribution is -0.118. The first-order valence-electron chi connectivity index (χ1n) is 12.2. The minimum Gasteiger partial charge on any atom is -0.465 e. The molecule has 1 atom stereocenters. The Bertz CT molecular complexity index is 1400. The summed E-state index contributed by atoms with van der Waals surface area (Å²) in [5.41, 5.74) is 5.31. The van der Waals surface area contributed by atoms with Gasteiger partial charge in [0.2, 0.25) is 0 Å². The maximum Gasteiger partial charge on any atom is 0.337 e. The molecule has 3 aromatic rings. The summed E-state index contributed by atoms with van der Waals surface area (Å²) >= 11 is 6.01. The van der Waals surface area contributed by atoms with Crippen molar-refractivity contribution in [2.75, 3.05) is 22.6 Å². The van der Waals surface area contributed by atoms with Crippen LogP contribution in [0.3, 0.4) is 0 Å². The zero-order valence-corrected chi connectivity index (χ0v) is 21.9. The van der Waals surface area contributed by atoms with Crippen LogP contribution in [-0.4, -0.2) is 24.0 Å². The maximum atomic E-state index is 13.8. The summed E-state index contributed by atoms with van der Waals surface area (Å²) in [4.78, 5) is 27.9. The third kappa shape index (κ3) is 4.87. The number of hydrogen-bond donors (Lipinski definition) is 2. The first-order chi connectivity index (χ1) is 17.8. The molecule has 0 unspecified atom stereocenters. The van der Waals surface area contributed by atoms with Crippen molar-refractivity contribution in [3.63, 3.8) is 0 Å². The first kappa shape index (κ1) is 24.7. The van der Waals surface area contributed by atoms with Crippen LogP contribution in [0.15, 0.2) is 90.1 Å². The molecule has 5 rings (SSSR count). The molecule has 188 valence electrons. The molecule has 6 nitrogen and oxygen atoms in total. The van der Waals surface area contributed by atoms with Gasteiger partial charge < -0.3 is 20.3 Å². The van der Waals surface area contributed by atoms with Gasteiger partial charge in [-0.2, -0.15) is 0 Å². The molecule has 1 aliphatic heterocycles. The van der Waals surface area contributed by atoms with Gasteiger partial charge >= 0.3 is 5.97 Å². The van der Waals surface area contributed by atoms with Gasteiger partial charge in [0, 0.05) is 23.4 Å². The summed E-state index contributed by atoms with van der Waals surface area (Å²) in [5.74, 6) is -0.325. The molecule has 0 spiro atoms. The SMILES string of the molecule is COC(=O)c1ccc([C@H]2C3=C(CC(C)(C)CC3=O)Nc3ccccc3N2C(=S)Nc2ccccc2)cc1. The summed E-state index contributed by atoms with van der Waals surface area (Å²) in [6, 6.07) is 24.4. The van der Waals surface area contributed by atoms with E-state index in [2.05, 4.69) is 24.5 Å². The highest BCUT2D eigenvalue weighted by Crippen LogP contribution is 2.48. The Morgan fingerprint density at radius 1 is 1.00 bits per heavy atom. The minimum atomic E-state index is -0.495. The molecule has 0 amide bonds. The van der Waals surface area contributed by atoms with E-state index in [0.717, 1.165) is 34.7 Å². The Morgan fingerprint density at radius 3 is 2.38 bits per heavy atom. The van der Waals surface area contributed by atoms with E-state index in [1.165, 1.54) is 7.11 Å². The van der Waals surface area contributed by atoms with Crippen molar-refractivity contribution in [2.45, 2.75) is 32.7 Å². The second-order valence-electron chi connectivity index (χ2n) is 10.2. The topological polar surface area (TPSA) is 70.7 Å². The average molecular weight is 512 g/mol. The lowest BCUT2D eigenvalue weighted by atomic mass is 9.73. The van der Waals surface area contributed by atoms with Gasteiger partial charge in [0.15, 0.2) is 10.9 Å². The van der Waals surface area contributed by atoms with E-state index in [-0.39, 0.29) is 11.2 Å². The Labute approximate surface area is 222 Å². The number of fused-ring (bicyclic) bond motifs is 1. The summed E-state index contributed by atoms with van der Waals surface area (Å²) in [6.45, 7) is 4.24. The van der Waals surface area contributed by atoms with Gasteiger partial charge in [0.05, 0.1) is 30.1 Å². The van der Waals surface area contributed by atoms with Crippen LogP contribution in [0.1, 0.15) is 48.7 Å². The van der Waals surface area contributed by atoms with Gasteiger partial charge in [0.1, 0.15) is 0 Å². The van der Waals surface area contributed by atoms with E-state index < -0.39 is 12.0 Å². The van der Waals surface area contributed by atoms with Gasteiger partial charge in [-0.05, 0) is 66.0 Å². The zero-order valence-electron chi connectivity index (χ0n) is 21.1. The number of allylic oxidation sites excluding steroid dienone is 1. The number of benzene rings is 3. The second-order valence-corrected chi connectivity index (χ2v) is 10.5. The summed E-state index contributed by atoms with van der Waals surface area (Å²) in [6.07, 6.45) is 1.17. The van der Waals surface area contributed by atoms with Crippen LogP contribution in [0.25, 0.3) is 0 Å². The highest BCUT2D eigenvalue weighted by molar-refractivity contribution is 7.80. The molecule has 0 saturated carbocycles. The highest BCUT2D eigenvalue weighted by atomic mass is 32.1. The number of nitrogens with zero attached hydrogens (tertiary/aromatic N) is 1. The van der Waals surface area contributed by atoms with Crippen LogP contribution >= 0.6 is 12.2 Å². The number of rotatable bonds is 3. The molecule has 37 heavy (non-hydrogen) atoms. The third-order valence-electron chi connectivity index (χ3n) is 6.79. The fourth-order valence-electron chi connectivity index (χ4n) is 5.15. The van der Waals surface area contributed by atoms with E-state index in [1.54, 1.807) is 12.1 Å². The molecular formula is C30H29N3O3S. The van der Waals surface area contributed by atoms with Gasteiger partial charge in [-0.3, -0.25) is 4.79 Å². The number of methoxy groups -OCH3 is 1. The van der Waals surface area contributed by atoms with Crippen molar-refractivity contribution in [3.05, 3.63) is 101 Å². The van der Waals surface area contributed by atoms with E-state index in [0.29, 0.717) is 22.7 Å². The molecule has 1 heterocycles. The molecule has 0 saturated heterocycles. The second kappa shape index (κ2) is 9.82. The van der Waals surface area contributed by atoms with E-state index in [9.17, 15) is 9.59 Å². The normalized spacial score (nSPS) is 18.2. The number of anilines is 3. The van der Waals surface area contributed by atoms with Crippen LogP contribution in [-0.2, 0) is 9.53 Å². The number of para-hydroxylation sites is 3. The zero-order chi connectivity index (χ0) is 26.2. The van der Waals surface area contributed by atoms with Crippen molar-refractivity contribution in [3.8, 4) is 0 Å². The standard InChI is InChI=1S/C30H29N3O3S/c1-30(2)17-23-26(25(34)18-30)27(19-13-15-20(16-14-19)28(35)36-3)33(24-12-8-7-11-22(24)32-23)29(37)31-21-9-5-4-6-10-21/h4-16,27,32H,17-18H2,1-3H3,(H,31,37)/t27-/m0/s1. The van der Waals surface area contributed by atoms with Crippen molar-refractivity contribution >= 4 is 46.1 Å². The summed E-state index contributed by atoms with van der Waals surface area (Å²) in [5, 5.41) is 7.42. The number of hydrogen-bond acceptors (Lipinski definition) is 5. The lowest BCUT2D eigenvalue weighted by Gasteiger charge is -2.38. The fraction of sp³-hybridized carbons (Fsp3) is 0.233. The minimum absolute atomic E-state index is 0.0844. The van der Waals surface area contributed by atoms with Gasteiger partial charge in [-0.1, -0.05) is 56.3 Å². The van der Waals surface area contributed by atoms with Crippen LogP contribution in [0.4, 0.5) is 17.1 Å². The molecule has 2 aliphatic rings. The Balaban J connectivity index is 1.70. The van der Waals surface area contributed by atoms with Crippen LogP contribution in [0.2, 0.25) is 0 Å². The van der Waals surface area contributed by atoms with E-state index in [1.807, 2.05) is 71.6 Å². The summed E-state index contributed by atoms with van der Waals surface area (Å²) in [7, 11) is 1.36. The first-order valence-corrected chi connectivity index (χ1v) is 12.6. The van der Waals surface area contributed by atoms with Gasteiger partial charge in [0.25, 0.3) is 0 Å². The monoisotopic (exact) mass is 511 g/mol. The highest BCUT2D eigenvalue weighted by Gasteiger charge is 2.42. The number of thiocarbonyl (C=S) groups is 1. The third-order valence-corrected chi connectivity index (χ3v) is 7.09. The van der Waals surface area contributed by atoms with E-state index >= 15 is 0 Å². The Morgan fingerprint density at radius 2 is 1.68 bits per heavy atom. The Kier molecular flexibility index (Phi) is 6.56. The predicted molar refractivity (Wildman–Crippen MR) is 151 cm³/mol. The molecule has 0 bridgehead atoms. The molecule has 0 aromatic heterocycles. The number of carbonyl (C=O) groups excluding carboxylic acids is 2. The average Bonchev–Trinajstić information content (AvgIpc) is 3.02. The van der Waals surface area contributed by atoms with Crippen molar-refractivity contribution in [1.82, 2.24) is 0 Å². The molecular weight excluding hydrogens is 482 g/mol. The van der Waals surface area contributed by atoms with Crippen molar-refractivity contribution < 1.29 is 14.3 Å². The van der Waals surface area contributed by atoms with Crippen molar-refractivity contribution in [1.29, 1.82) is 0 Å². The van der Waals surface area contributed by atoms with Gasteiger partial charge in [-0.25, -0.2) is 4.79 Å². The van der Waals surface area contributed by atoms with Gasteiger partial charge in [-0.15, -0.1) is 0 Å². The quantitative estimate of drug-likeness (QED) is 0.308. The molecule has 3 aromatic carbocycles. The molecule has 0 fully saturated rings. The maximum absolute atomic E-state index is 13.8. The van der Waals surface area contributed by atoms with E-state index in [4.69, 9.17) is 17.0 Å². The number of ether oxygens (including phenoxy) is 1. The number of esters is 1. The largest absolute Gasteiger partial charge is 0.465 e. The van der Waals surface area contributed by atoms with Crippen LogP contribution in [0.5, 0.6) is 0 Å². The number of Topliss-reactive ketones (excluding diaryl/α,β-unsaturated/α-hetero) is 1. The fourth-order valence-corrected chi connectivity index (χ4v) is 5.47. The number of ketones is 1. The molecule has 7 heteroatoms. The number of nitrogens with one attached hydrogen (secondary N) is 2. The Hall–Kier alpha value is -3.97. The predicted octanol–water partition coefficient (Wildman–Crippen LogP) is 6.49. The summed E-state index contributed by atoms with van der Waals surface area (Å²) < 4.78 is 4.89. The van der Waals surface area contributed by atoms with Crippen molar-refractivity contribution in [2.24, 2.45) is 5.41 Å². The van der Waals surface area contributed by atoms with Crippen LogP contribution < -0.4 is 15.5 Å². The number of carbonyl (C=O) groups is 2. The molecule has 2 N–H and O–H groups in total. The lowest BCUT2D eigenvalue weighted by Crippen LogP contribution is -2.41. The molecule has 0 radical (unpaired) electrons.